The van der Waals surface area contributed by atoms with Crippen LogP contribution in [0.1, 0.15) is 40.0 Å². The fourth-order valence-electron chi connectivity index (χ4n) is 1.19. The molecule has 0 aromatic carbocycles. The van der Waals surface area contributed by atoms with Gasteiger partial charge in [-0.3, -0.25) is 0 Å². The summed E-state index contributed by atoms with van der Waals surface area (Å²) in [7, 11) is 0. The van der Waals surface area contributed by atoms with Gasteiger partial charge in [0.05, 0.1) is 12.2 Å². The molecular weight excluding hydrogens is 140 g/mol. The first kappa shape index (κ1) is 10.9. The van der Waals surface area contributed by atoms with Gasteiger partial charge in [0.1, 0.15) is 0 Å². The Bertz CT molecular complexity index is 93.6. The standard InChI is InChI=1S/C9H20O2/c1-4-6-9(11)7(3)8(10)5-2/h7-11H,4-6H2,1-3H3/t7-,8+,9+/m0/s1. The Morgan fingerprint density at radius 3 is 2.00 bits per heavy atom. The van der Waals surface area contributed by atoms with Crippen molar-refractivity contribution in [2.75, 3.05) is 0 Å². The summed E-state index contributed by atoms with van der Waals surface area (Å²) >= 11 is 0. The Hall–Kier alpha value is -0.0800. The molecule has 0 amide bonds. The van der Waals surface area contributed by atoms with Crippen molar-refractivity contribution in [3.05, 3.63) is 0 Å². The fourth-order valence-corrected chi connectivity index (χ4v) is 1.19. The molecule has 0 aliphatic rings. The third-order valence-corrected chi connectivity index (χ3v) is 2.22. The number of rotatable bonds is 5. The van der Waals surface area contributed by atoms with E-state index in [9.17, 15) is 10.2 Å². The zero-order valence-electron chi connectivity index (χ0n) is 7.75. The van der Waals surface area contributed by atoms with Gasteiger partial charge in [-0.2, -0.15) is 0 Å². The molecule has 0 bridgehead atoms. The van der Waals surface area contributed by atoms with Crippen LogP contribution < -0.4 is 0 Å². The second-order valence-electron chi connectivity index (χ2n) is 3.19. The molecule has 2 heteroatoms. The van der Waals surface area contributed by atoms with Crippen LogP contribution in [0.25, 0.3) is 0 Å². The minimum Gasteiger partial charge on any atom is -0.393 e. The monoisotopic (exact) mass is 160 g/mol. The van der Waals surface area contributed by atoms with Crippen molar-refractivity contribution in [2.24, 2.45) is 5.92 Å². The van der Waals surface area contributed by atoms with Crippen LogP contribution in [0.4, 0.5) is 0 Å². The summed E-state index contributed by atoms with van der Waals surface area (Å²) in [6.07, 6.45) is 1.80. The zero-order chi connectivity index (χ0) is 8.85. The molecule has 2 nitrogen and oxygen atoms in total. The van der Waals surface area contributed by atoms with Crippen molar-refractivity contribution in [3.63, 3.8) is 0 Å². The number of aliphatic hydroxyl groups excluding tert-OH is 2. The molecule has 0 heterocycles. The van der Waals surface area contributed by atoms with Gasteiger partial charge >= 0.3 is 0 Å². The summed E-state index contributed by atoms with van der Waals surface area (Å²) in [5.41, 5.74) is 0. The van der Waals surface area contributed by atoms with Gasteiger partial charge in [-0.25, -0.2) is 0 Å². The largest absolute Gasteiger partial charge is 0.393 e. The maximum absolute atomic E-state index is 9.46. The topological polar surface area (TPSA) is 40.5 Å². The Labute approximate surface area is 69.2 Å². The van der Waals surface area contributed by atoms with Crippen LogP contribution >= 0.6 is 0 Å². The van der Waals surface area contributed by atoms with Crippen LogP contribution in [0.2, 0.25) is 0 Å². The molecule has 0 radical (unpaired) electrons. The Morgan fingerprint density at radius 1 is 1.09 bits per heavy atom. The third kappa shape index (κ3) is 3.73. The molecule has 0 spiro atoms. The van der Waals surface area contributed by atoms with Crippen molar-refractivity contribution in [1.82, 2.24) is 0 Å². The summed E-state index contributed by atoms with van der Waals surface area (Å²) in [4.78, 5) is 0. The van der Waals surface area contributed by atoms with Gasteiger partial charge in [0.25, 0.3) is 0 Å². The minimum absolute atomic E-state index is 0.0138. The predicted octanol–water partition coefficient (Wildman–Crippen LogP) is 1.55. The van der Waals surface area contributed by atoms with Gasteiger partial charge in [0.15, 0.2) is 0 Å². The van der Waals surface area contributed by atoms with E-state index in [1.54, 1.807) is 0 Å². The predicted molar refractivity (Wildman–Crippen MR) is 46.4 cm³/mol. The van der Waals surface area contributed by atoms with Gasteiger partial charge in [-0.15, -0.1) is 0 Å². The van der Waals surface area contributed by atoms with E-state index in [0.29, 0.717) is 0 Å². The van der Waals surface area contributed by atoms with Crippen LogP contribution in [0.3, 0.4) is 0 Å². The first-order valence-corrected chi connectivity index (χ1v) is 4.49. The highest BCUT2D eigenvalue weighted by atomic mass is 16.3. The fraction of sp³-hybridized carbons (Fsp3) is 1.00. The molecule has 11 heavy (non-hydrogen) atoms. The molecule has 0 aliphatic heterocycles. The van der Waals surface area contributed by atoms with E-state index in [-0.39, 0.29) is 18.1 Å². The van der Waals surface area contributed by atoms with E-state index in [0.717, 1.165) is 19.3 Å². The van der Waals surface area contributed by atoms with Gasteiger partial charge < -0.3 is 10.2 Å². The van der Waals surface area contributed by atoms with E-state index >= 15 is 0 Å². The molecule has 0 aromatic rings. The van der Waals surface area contributed by atoms with Crippen LogP contribution in [-0.2, 0) is 0 Å². The second-order valence-corrected chi connectivity index (χ2v) is 3.19. The van der Waals surface area contributed by atoms with Crippen molar-refractivity contribution >= 4 is 0 Å². The normalized spacial score (nSPS) is 19.4. The summed E-state index contributed by atoms with van der Waals surface area (Å²) in [5, 5.41) is 18.8. The number of hydrogen-bond acceptors (Lipinski definition) is 2. The van der Waals surface area contributed by atoms with E-state index in [1.165, 1.54) is 0 Å². The molecule has 2 N–H and O–H groups in total. The van der Waals surface area contributed by atoms with E-state index < -0.39 is 0 Å². The minimum atomic E-state index is -0.350. The molecule has 0 aliphatic carbocycles. The van der Waals surface area contributed by atoms with E-state index in [2.05, 4.69) is 0 Å². The van der Waals surface area contributed by atoms with Crippen LogP contribution in [-0.4, -0.2) is 22.4 Å². The summed E-state index contributed by atoms with van der Waals surface area (Å²) < 4.78 is 0. The maximum atomic E-state index is 9.46. The number of hydrogen-bond donors (Lipinski definition) is 2. The van der Waals surface area contributed by atoms with E-state index in [4.69, 9.17) is 0 Å². The van der Waals surface area contributed by atoms with Crippen LogP contribution in [0.15, 0.2) is 0 Å². The molecular formula is C9H20O2. The Kier molecular flexibility index (Phi) is 5.51. The number of aliphatic hydroxyl groups is 2. The molecule has 68 valence electrons. The SMILES string of the molecule is CCC[C@@H](O)[C@@H](C)[C@H](O)CC. The molecule has 0 rings (SSSR count). The quantitative estimate of drug-likeness (QED) is 0.640. The molecule has 3 atom stereocenters. The van der Waals surface area contributed by atoms with Crippen molar-refractivity contribution in [3.8, 4) is 0 Å². The molecule has 0 saturated heterocycles. The van der Waals surface area contributed by atoms with Crippen molar-refractivity contribution in [2.45, 2.75) is 52.2 Å². The first-order chi connectivity index (χ1) is 5.13. The third-order valence-electron chi connectivity index (χ3n) is 2.22. The molecule has 0 saturated carbocycles. The average Bonchev–Trinajstić information content (AvgIpc) is 2.02. The lowest BCUT2D eigenvalue weighted by Gasteiger charge is -2.22. The lowest BCUT2D eigenvalue weighted by Crippen LogP contribution is -2.28. The first-order valence-electron chi connectivity index (χ1n) is 4.49. The average molecular weight is 160 g/mol. The Balaban J connectivity index is 3.70. The second kappa shape index (κ2) is 5.56. The van der Waals surface area contributed by atoms with Gasteiger partial charge in [0, 0.05) is 5.92 Å². The van der Waals surface area contributed by atoms with Crippen LogP contribution in [0.5, 0.6) is 0 Å². The summed E-state index contributed by atoms with van der Waals surface area (Å²) in [6.45, 7) is 5.86. The molecule has 0 fully saturated rings. The molecule has 0 unspecified atom stereocenters. The van der Waals surface area contributed by atoms with Crippen LogP contribution in [0, 0.1) is 5.92 Å². The summed E-state index contributed by atoms with van der Waals surface area (Å²) in [6, 6.07) is 0. The van der Waals surface area contributed by atoms with Gasteiger partial charge in [0.2, 0.25) is 0 Å². The van der Waals surface area contributed by atoms with Crippen molar-refractivity contribution < 1.29 is 10.2 Å². The van der Waals surface area contributed by atoms with Gasteiger partial charge in [-0.1, -0.05) is 27.2 Å². The maximum Gasteiger partial charge on any atom is 0.0590 e. The van der Waals surface area contributed by atoms with Gasteiger partial charge in [-0.05, 0) is 12.8 Å². The lowest BCUT2D eigenvalue weighted by atomic mass is 9.94. The molecule has 0 aromatic heterocycles. The highest BCUT2D eigenvalue weighted by Crippen LogP contribution is 2.15. The smallest absolute Gasteiger partial charge is 0.0590 e. The highest BCUT2D eigenvalue weighted by Gasteiger charge is 2.19. The summed E-state index contributed by atoms with van der Waals surface area (Å²) in [5.74, 6) is 0.0138. The highest BCUT2D eigenvalue weighted by molar-refractivity contribution is 4.70. The lowest BCUT2D eigenvalue weighted by molar-refractivity contribution is 0.0159. The zero-order valence-corrected chi connectivity index (χ0v) is 7.75. The van der Waals surface area contributed by atoms with E-state index in [1.807, 2.05) is 20.8 Å². The Morgan fingerprint density at radius 2 is 1.64 bits per heavy atom. The van der Waals surface area contributed by atoms with Crippen molar-refractivity contribution in [1.29, 1.82) is 0 Å².